The first-order valence-corrected chi connectivity index (χ1v) is 8.96. The van der Waals surface area contributed by atoms with Gasteiger partial charge in [-0.05, 0) is 5.56 Å². The number of nitrogens with two attached hydrogens (primary N) is 1. The van der Waals surface area contributed by atoms with Crippen LogP contribution >= 0.6 is 0 Å². The van der Waals surface area contributed by atoms with Gasteiger partial charge in [0.15, 0.2) is 17.4 Å². The molecule has 1 aliphatic heterocycles. The summed E-state index contributed by atoms with van der Waals surface area (Å²) in [4.78, 5) is 21.0. The summed E-state index contributed by atoms with van der Waals surface area (Å²) in [6, 6.07) is 9.25. The second kappa shape index (κ2) is 7.44. The van der Waals surface area contributed by atoms with Crippen molar-refractivity contribution in [3.8, 4) is 6.01 Å². The summed E-state index contributed by atoms with van der Waals surface area (Å²) in [6.45, 7) is -0.367. The number of ether oxygens (including phenoxy) is 2. The van der Waals surface area contributed by atoms with E-state index in [-0.39, 0.29) is 29.7 Å². The lowest BCUT2D eigenvalue weighted by Crippen LogP contribution is -2.33. The zero-order valence-corrected chi connectivity index (χ0v) is 15.5. The topological polar surface area (TPSA) is 158 Å². The highest BCUT2D eigenvalue weighted by Gasteiger charge is 2.45. The molecule has 0 amide bonds. The Labute approximate surface area is 164 Å². The molecule has 3 aromatic rings. The first-order chi connectivity index (χ1) is 13.9. The minimum Gasteiger partial charge on any atom is -0.460 e. The Bertz CT molecular complexity index is 1080. The summed E-state index contributed by atoms with van der Waals surface area (Å²) in [5, 5.41) is 30.0. The molecule has 2 aromatic heterocycles. The second-order valence-corrected chi connectivity index (χ2v) is 6.77. The van der Waals surface area contributed by atoms with Gasteiger partial charge in [-0.25, -0.2) is 4.57 Å². The van der Waals surface area contributed by atoms with Crippen LogP contribution in [-0.4, -0.2) is 59.3 Å². The van der Waals surface area contributed by atoms with Crippen molar-refractivity contribution in [2.45, 2.75) is 31.1 Å². The van der Waals surface area contributed by atoms with E-state index in [0.717, 1.165) is 10.1 Å². The first kappa shape index (κ1) is 19.3. The number of aliphatic hydroxyl groups is 3. The van der Waals surface area contributed by atoms with E-state index in [9.17, 15) is 20.1 Å². The van der Waals surface area contributed by atoms with Crippen LogP contribution in [0.2, 0.25) is 0 Å². The van der Waals surface area contributed by atoms with Crippen molar-refractivity contribution in [2.24, 2.45) is 7.05 Å². The van der Waals surface area contributed by atoms with Crippen LogP contribution in [0.3, 0.4) is 0 Å². The molecule has 1 saturated heterocycles. The number of benzene rings is 1. The van der Waals surface area contributed by atoms with Crippen molar-refractivity contribution in [3.05, 3.63) is 46.2 Å². The summed E-state index contributed by atoms with van der Waals surface area (Å²) in [7, 11) is 1.46. The van der Waals surface area contributed by atoms with Crippen LogP contribution < -0.4 is 16.0 Å². The maximum atomic E-state index is 12.6. The Morgan fingerprint density at radius 1 is 1.21 bits per heavy atom. The van der Waals surface area contributed by atoms with Gasteiger partial charge in [0, 0.05) is 7.05 Å². The zero-order chi connectivity index (χ0) is 20.7. The molecule has 0 aliphatic carbocycles. The first-order valence-electron chi connectivity index (χ1n) is 8.96. The van der Waals surface area contributed by atoms with E-state index >= 15 is 0 Å². The molecule has 5 N–H and O–H groups in total. The molecule has 0 unspecified atom stereocenters. The van der Waals surface area contributed by atoms with Gasteiger partial charge in [-0.1, -0.05) is 30.3 Å². The van der Waals surface area contributed by atoms with Crippen LogP contribution in [0.15, 0.2) is 35.1 Å². The third-order valence-corrected chi connectivity index (χ3v) is 4.91. The molecule has 4 rings (SSSR count). The number of aliphatic hydroxyl groups excluding tert-OH is 3. The number of hydrogen-bond donors (Lipinski definition) is 4. The van der Waals surface area contributed by atoms with Gasteiger partial charge < -0.3 is 30.5 Å². The quantitative estimate of drug-likeness (QED) is 0.415. The smallest absolute Gasteiger partial charge is 0.301 e. The van der Waals surface area contributed by atoms with Crippen LogP contribution in [-0.2, 0) is 18.4 Å². The molecule has 154 valence electrons. The summed E-state index contributed by atoms with van der Waals surface area (Å²) >= 11 is 0. The number of fused-ring (bicyclic) bond motifs is 1. The number of rotatable bonds is 5. The van der Waals surface area contributed by atoms with Gasteiger partial charge in [-0.2, -0.15) is 9.97 Å². The van der Waals surface area contributed by atoms with Crippen LogP contribution in [0.4, 0.5) is 5.95 Å². The van der Waals surface area contributed by atoms with E-state index in [2.05, 4.69) is 9.97 Å². The Kier molecular flexibility index (Phi) is 4.96. The highest BCUT2D eigenvalue weighted by atomic mass is 16.6. The van der Waals surface area contributed by atoms with Gasteiger partial charge in [-0.15, -0.1) is 0 Å². The van der Waals surface area contributed by atoms with Crippen molar-refractivity contribution in [3.63, 3.8) is 0 Å². The van der Waals surface area contributed by atoms with Crippen LogP contribution in [0.25, 0.3) is 11.2 Å². The number of aromatic nitrogens is 4. The van der Waals surface area contributed by atoms with Gasteiger partial charge in [-0.3, -0.25) is 9.36 Å². The second-order valence-electron chi connectivity index (χ2n) is 6.77. The Hall–Kier alpha value is -2.99. The third-order valence-electron chi connectivity index (χ3n) is 4.91. The van der Waals surface area contributed by atoms with Gasteiger partial charge in [0.1, 0.15) is 24.9 Å². The van der Waals surface area contributed by atoms with Crippen molar-refractivity contribution in [1.29, 1.82) is 0 Å². The van der Waals surface area contributed by atoms with Gasteiger partial charge >= 0.3 is 6.01 Å². The van der Waals surface area contributed by atoms with Gasteiger partial charge in [0.25, 0.3) is 5.56 Å². The number of anilines is 1. The minimum atomic E-state index is -1.41. The number of nitrogens with zero attached hydrogens (tertiary/aromatic N) is 4. The molecule has 11 heteroatoms. The fraction of sp³-hybridized carbons (Fsp3) is 0.389. The Morgan fingerprint density at radius 2 is 1.93 bits per heavy atom. The number of imidazole rings is 1. The molecule has 1 aliphatic rings. The predicted molar refractivity (Wildman–Crippen MR) is 101 cm³/mol. The lowest BCUT2D eigenvalue weighted by atomic mass is 10.1. The van der Waals surface area contributed by atoms with E-state index in [4.69, 9.17) is 15.2 Å². The lowest BCUT2D eigenvalue weighted by Gasteiger charge is -2.19. The highest BCUT2D eigenvalue weighted by Crippen LogP contribution is 2.35. The zero-order valence-electron chi connectivity index (χ0n) is 15.5. The molecule has 1 fully saturated rings. The minimum absolute atomic E-state index is 0.0255. The molecular formula is C18H21N5O6. The van der Waals surface area contributed by atoms with Crippen molar-refractivity contribution >= 4 is 17.1 Å². The highest BCUT2D eigenvalue weighted by molar-refractivity contribution is 5.73. The average molecular weight is 403 g/mol. The summed E-state index contributed by atoms with van der Waals surface area (Å²) < 4.78 is 13.8. The SMILES string of the molecule is Cn1c(N)nc2c(nc(OCc3ccccc3)n2[C@H]2O[C@H](CO)[C@@H](O)[C@@H]2O)c1=O. The number of nitrogen functional groups attached to an aromatic ring is 1. The Morgan fingerprint density at radius 3 is 2.59 bits per heavy atom. The fourth-order valence-corrected chi connectivity index (χ4v) is 3.25. The average Bonchev–Trinajstić information content (AvgIpc) is 3.22. The van der Waals surface area contributed by atoms with E-state index in [1.165, 1.54) is 11.6 Å². The third kappa shape index (κ3) is 3.23. The van der Waals surface area contributed by atoms with Crippen LogP contribution in [0, 0.1) is 0 Å². The summed E-state index contributed by atoms with van der Waals surface area (Å²) in [5.74, 6) is -0.0648. The van der Waals surface area contributed by atoms with Crippen molar-refractivity contribution in [2.75, 3.05) is 12.3 Å². The van der Waals surface area contributed by atoms with E-state index in [1.807, 2.05) is 30.3 Å². The molecule has 1 aromatic carbocycles. The lowest BCUT2D eigenvalue weighted by molar-refractivity contribution is -0.0545. The largest absolute Gasteiger partial charge is 0.460 e. The fourth-order valence-electron chi connectivity index (χ4n) is 3.25. The van der Waals surface area contributed by atoms with Crippen LogP contribution in [0.1, 0.15) is 11.8 Å². The molecule has 4 atom stereocenters. The van der Waals surface area contributed by atoms with Gasteiger partial charge in [0.2, 0.25) is 5.95 Å². The molecule has 3 heterocycles. The van der Waals surface area contributed by atoms with E-state index in [1.54, 1.807) is 0 Å². The maximum Gasteiger partial charge on any atom is 0.301 e. The number of hydrogen-bond acceptors (Lipinski definition) is 9. The molecule has 0 saturated carbocycles. The standard InChI is InChI=1S/C18H21N5O6/c1-22-15(27)11-14(21-17(22)19)23(16-13(26)12(25)10(7-24)29-16)18(20-11)28-8-9-5-3-2-4-6-9/h2-6,10,12-13,16,24-26H,7-8H2,1H3,(H2,19,21)/t10-,12-,13+,16+/m1/s1. The molecular weight excluding hydrogens is 382 g/mol. The van der Waals surface area contributed by atoms with Crippen molar-refractivity contribution in [1.82, 2.24) is 19.1 Å². The normalized spacial score (nSPS) is 24.3. The molecule has 11 nitrogen and oxygen atoms in total. The summed E-state index contributed by atoms with van der Waals surface area (Å²) in [5.41, 5.74) is 6.20. The molecule has 0 bridgehead atoms. The maximum absolute atomic E-state index is 12.6. The van der Waals surface area contributed by atoms with Gasteiger partial charge in [0.05, 0.1) is 6.61 Å². The molecule has 29 heavy (non-hydrogen) atoms. The predicted octanol–water partition coefficient (Wildman–Crippen LogP) is -1.10. The Balaban J connectivity index is 1.82. The van der Waals surface area contributed by atoms with E-state index < -0.39 is 36.7 Å². The molecule has 0 radical (unpaired) electrons. The monoisotopic (exact) mass is 403 g/mol. The van der Waals surface area contributed by atoms with E-state index in [0.29, 0.717) is 0 Å². The summed E-state index contributed by atoms with van der Waals surface area (Å²) in [6.07, 6.45) is -4.95. The van der Waals surface area contributed by atoms with Crippen molar-refractivity contribution < 1.29 is 24.8 Å². The van der Waals surface area contributed by atoms with Crippen LogP contribution in [0.5, 0.6) is 6.01 Å². The molecule has 0 spiro atoms.